The molecule has 0 unspecified atom stereocenters. The largest absolute Gasteiger partial charge is 0.481 e. The van der Waals surface area contributed by atoms with Crippen LogP contribution in [0.1, 0.15) is 16.7 Å². The number of carboxylic acids is 1. The van der Waals surface area contributed by atoms with E-state index in [4.69, 9.17) is 10.4 Å². The van der Waals surface area contributed by atoms with Gasteiger partial charge in [0, 0.05) is 0 Å². The maximum atomic E-state index is 10.4. The first-order valence-electron chi connectivity index (χ1n) is 3.85. The molecule has 0 saturated heterocycles. The van der Waals surface area contributed by atoms with E-state index in [0.29, 0.717) is 11.1 Å². The van der Waals surface area contributed by atoms with E-state index in [1.54, 1.807) is 25.1 Å². The van der Waals surface area contributed by atoms with Crippen LogP contribution in [0.4, 0.5) is 0 Å². The van der Waals surface area contributed by atoms with Crippen LogP contribution in [0.2, 0.25) is 0 Å². The number of aryl methyl sites for hydroxylation is 1. The normalized spacial score (nSPS) is 9.23. The minimum atomic E-state index is -0.915. The summed E-state index contributed by atoms with van der Waals surface area (Å²) in [4.78, 5) is 10.4. The Balaban J connectivity index is 3.14. The molecule has 0 aliphatic carbocycles. The van der Waals surface area contributed by atoms with Gasteiger partial charge >= 0.3 is 5.97 Å². The van der Waals surface area contributed by atoms with Gasteiger partial charge < -0.3 is 5.11 Å². The van der Waals surface area contributed by atoms with Crippen molar-refractivity contribution in [1.29, 1.82) is 5.26 Å². The average molecular weight is 175 g/mol. The highest BCUT2D eigenvalue weighted by molar-refractivity contribution is 5.71. The van der Waals surface area contributed by atoms with Crippen molar-refractivity contribution in [2.24, 2.45) is 0 Å². The first kappa shape index (κ1) is 9.27. The van der Waals surface area contributed by atoms with Crippen LogP contribution >= 0.6 is 0 Å². The maximum Gasteiger partial charge on any atom is 0.307 e. The Morgan fingerprint density at radius 1 is 1.62 bits per heavy atom. The van der Waals surface area contributed by atoms with E-state index in [9.17, 15) is 4.79 Å². The number of nitriles is 1. The van der Waals surface area contributed by atoms with Crippen LogP contribution in [0.5, 0.6) is 0 Å². The lowest BCUT2D eigenvalue weighted by Gasteiger charge is -2.02. The molecule has 0 heterocycles. The fourth-order valence-electron chi connectivity index (χ4n) is 1.20. The Morgan fingerprint density at radius 2 is 2.31 bits per heavy atom. The molecule has 1 aromatic carbocycles. The molecule has 0 radical (unpaired) electrons. The number of hydrogen-bond acceptors (Lipinski definition) is 2. The van der Waals surface area contributed by atoms with Crippen LogP contribution in [-0.2, 0) is 11.2 Å². The van der Waals surface area contributed by atoms with Gasteiger partial charge in [0.2, 0.25) is 0 Å². The zero-order valence-electron chi connectivity index (χ0n) is 7.24. The van der Waals surface area contributed by atoms with E-state index in [1.807, 2.05) is 6.07 Å². The predicted octanol–water partition coefficient (Wildman–Crippen LogP) is 1.49. The quantitative estimate of drug-likeness (QED) is 0.740. The topological polar surface area (TPSA) is 61.1 Å². The summed E-state index contributed by atoms with van der Waals surface area (Å²) >= 11 is 0. The van der Waals surface area contributed by atoms with Gasteiger partial charge in [-0.3, -0.25) is 4.79 Å². The first-order chi connectivity index (χ1) is 6.15. The molecule has 1 N–H and O–H groups in total. The molecule has 0 aliphatic rings. The average Bonchev–Trinajstić information content (AvgIpc) is 2.03. The summed E-state index contributed by atoms with van der Waals surface area (Å²) in [5, 5.41) is 17.3. The first-order valence-corrected chi connectivity index (χ1v) is 3.85. The molecule has 3 heteroatoms. The van der Waals surface area contributed by atoms with Crippen molar-refractivity contribution in [3.63, 3.8) is 0 Å². The third kappa shape index (κ3) is 2.06. The molecule has 66 valence electrons. The highest BCUT2D eigenvalue weighted by atomic mass is 16.4. The van der Waals surface area contributed by atoms with Crippen molar-refractivity contribution in [1.82, 2.24) is 0 Å². The van der Waals surface area contributed by atoms with Gasteiger partial charge in [0.15, 0.2) is 0 Å². The van der Waals surface area contributed by atoms with E-state index in [-0.39, 0.29) is 6.42 Å². The van der Waals surface area contributed by atoms with E-state index >= 15 is 0 Å². The second-order valence-corrected chi connectivity index (χ2v) is 2.79. The summed E-state index contributed by atoms with van der Waals surface area (Å²) in [7, 11) is 0. The summed E-state index contributed by atoms with van der Waals surface area (Å²) in [5.74, 6) is -0.915. The van der Waals surface area contributed by atoms with Crippen molar-refractivity contribution in [2.75, 3.05) is 0 Å². The lowest BCUT2D eigenvalue weighted by atomic mass is 10.0. The minimum Gasteiger partial charge on any atom is -0.481 e. The summed E-state index contributed by atoms with van der Waals surface area (Å²) in [6.07, 6.45) is -0.0927. The lowest BCUT2D eigenvalue weighted by molar-refractivity contribution is -0.136. The predicted molar refractivity (Wildman–Crippen MR) is 47.2 cm³/mol. The Hall–Kier alpha value is -1.82. The number of carbonyl (C=O) groups is 1. The van der Waals surface area contributed by atoms with Crippen molar-refractivity contribution < 1.29 is 9.90 Å². The molecule has 0 amide bonds. The van der Waals surface area contributed by atoms with Crippen LogP contribution < -0.4 is 0 Å². The zero-order chi connectivity index (χ0) is 9.84. The third-order valence-electron chi connectivity index (χ3n) is 1.81. The highest BCUT2D eigenvalue weighted by Gasteiger charge is 2.07. The van der Waals surface area contributed by atoms with Crippen molar-refractivity contribution >= 4 is 5.97 Å². The maximum absolute atomic E-state index is 10.4. The molecule has 0 aliphatic heterocycles. The van der Waals surface area contributed by atoms with Gasteiger partial charge in [-0.25, -0.2) is 0 Å². The van der Waals surface area contributed by atoms with Crippen LogP contribution in [0.15, 0.2) is 18.2 Å². The van der Waals surface area contributed by atoms with Gasteiger partial charge in [0.25, 0.3) is 0 Å². The molecule has 0 bridgehead atoms. The van der Waals surface area contributed by atoms with E-state index < -0.39 is 5.97 Å². The SMILES string of the molecule is Cc1cccc(CC(=O)O)c1C#N. The number of rotatable bonds is 2. The second-order valence-electron chi connectivity index (χ2n) is 2.79. The van der Waals surface area contributed by atoms with Gasteiger partial charge in [-0.1, -0.05) is 18.2 Å². The van der Waals surface area contributed by atoms with Crippen molar-refractivity contribution in [3.05, 3.63) is 34.9 Å². The summed E-state index contributed by atoms with van der Waals surface area (Å²) in [6, 6.07) is 7.23. The Kier molecular flexibility index (Phi) is 2.65. The smallest absolute Gasteiger partial charge is 0.307 e. The Labute approximate surface area is 76.2 Å². The summed E-state index contributed by atoms with van der Waals surface area (Å²) in [5.41, 5.74) is 1.88. The zero-order valence-corrected chi connectivity index (χ0v) is 7.24. The molecule has 13 heavy (non-hydrogen) atoms. The molecular weight excluding hydrogens is 166 g/mol. The molecule has 1 rings (SSSR count). The fourth-order valence-corrected chi connectivity index (χ4v) is 1.20. The van der Waals surface area contributed by atoms with Crippen molar-refractivity contribution in [2.45, 2.75) is 13.3 Å². The van der Waals surface area contributed by atoms with Crippen molar-refractivity contribution in [3.8, 4) is 6.07 Å². The summed E-state index contributed by atoms with van der Waals surface area (Å²) < 4.78 is 0. The van der Waals surface area contributed by atoms with Crippen LogP contribution in [-0.4, -0.2) is 11.1 Å². The summed E-state index contributed by atoms with van der Waals surface area (Å²) in [6.45, 7) is 1.80. The molecule has 0 atom stereocenters. The molecule has 0 spiro atoms. The lowest BCUT2D eigenvalue weighted by Crippen LogP contribution is -2.03. The third-order valence-corrected chi connectivity index (χ3v) is 1.81. The van der Waals surface area contributed by atoms with Gasteiger partial charge in [-0.05, 0) is 18.1 Å². The monoisotopic (exact) mass is 175 g/mol. The Morgan fingerprint density at radius 3 is 2.85 bits per heavy atom. The molecule has 3 nitrogen and oxygen atoms in total. The standard InChI is InChI=1S/C10H9NO2/c1-7-3-2-4-8(5-10(12)13)9(7)6-11/h2-4H,5H2,1H3,(H,12,13). The number of aliphatic carboxylic acids is 1. The number of nitrogens with zero attached hydrogens (tertiary/aromatic N) is 1. The molecule has 0 fully saturated rings. The second kappa shape index (κ2) is 3.72. The van der Waals surface area contributed by atoms with Crippen LogP contribution in [0, 0.1) is 18.3 Å². The molecular formula is C10H9NO2. The van der Waals surface area contributed by atoms with Gasteiger partial charge in [0.1, 0.15) is 0 Å². The highest BCUT2D eigenvalue weighted by Crippen LogP contribution is 2.13. The molecule has 1 aromatic rings. The molecule has 0 saturated carbocycles. The number of benzene rings is 1. The van der Waals surface area contributed by atoms with E-state index in [1.165, 1.54) is 0 Å². The minimum absolute atomic E-state index is 0.0927. The number of hydrogen-bond donors (Lipinski definition) is 1. The Bertz CT molecular complexity index is 377. The van der Waals surface area contributed by atoms with Gasteiger partial charge in [-0.15, -0.1) is 0 Å². The van der Waals surface area contributed by atoms with E-state index in [0.717, 1.165) is 5.56 Å². The van der Waals surface area contributed by atoms with Crippen LogP contribution in [0.3, 0.4) is 0 Å². The van der Waals surface area contributed by atoms with E-state index in [2.05, 4.69) is 0 Å². The molecule has 0 aromatic heterocycles. The van der Waals surface area contributed by atoms with Gasteiger partial charge in [-0.2, -0.15) is 5.26 Å². The van der Waals surface area contributed by atoms with Gasteiger partial charge in [0.05, 0.1) is 18.1 Å². The fraction of sp³-hybridized carbons (Fsp3) is 0.200. The van der Waals surface area contributed by atoms with Crippen LogP contribution in [0.25, 0.3) is 0 Å². The number of carboxylic acid groups (broad SMARTS) is 1.